The number of rotatable bonds is 5. The predicted octanol–water partition coefficient (Wildman–Crippen LogP) is 2.63. The third kappa shape index (κ3) is 3.64. The second-order valence-electron chi connectivity index (χ2n) is 5.15. The van der Waals surface area contributed by atoms with Crippen LogP contribution in [0.3, 0.4) is 0 Å². The minimum absolute atomic E-state index is 0.415. The van der Waals surface area contributed by atoms with E-state index in [1.807, 2.05) is 47.8 Å². The fraction of sp³-hybridized carbons (Fsp3) is 0.400. The van der Waals surface area contributed by atoms with Crippen LogP contribution in [-0.2, 0) is 22.8 Å². The first kappa shape index (κ1) is 15.6. The zero-order valence-corrected chi connectivity index (χ0v) is 13.8. The third-order valence-electron chi connectivity index (χ3n) is 3.40. The van der Waals surface area contributed by atoms with Gasteiger partial charge in [-0.25, -0.2) is 13.6 Å². The van der Waals surface area contributed by atoms with Crippen molar-refractivity contribution in [3.8, 4) is 0 Å². The van der Waals surface area contributed by atoms with Crippen LogP contribution in [0, 0.1) is 0 Å². The maximum absolute atomic E-state index is 12.8. The highest BCUT2D eigenvalue weighted by Crippen LogP contribution is 2.18. The largest absolute Gasteiger partial charge is 0.378 e. The number of hydrogen-bond acceptors (Lipinski definition) is 4. The van der Waals surface area contributed by atoms with Crippen LogP contribution >= 0.6 is 0 Å². The van der Waals surface area contributed by atoms with Gasteiger partial charge in [-0.05, 0) is 31.2 Å². The van der Waals surface area contributed by atoms with Crippen LogP contribution in [0.15, 0.2) is 46.0 Å². The lowest BCUT2D eigenvalue weighted by molar-refractivity contribution is 0.674. The number of aryl methyl sites for hydroxylation is 1. The molecule has 1 atom stereocenters. The standard InChI is InChI=1S/C15H22N4OS/c1-5-19-12-16-10-14(19)11-17-21(4,20)15-8-6-13(7-9-15)18(2)3/h6-10,12H,5,11H2,1-4H3/t21-/m0/s1. The normalized spacial score (nSPS) is 13.7. The van der Waals surface area contributed by atoms with E-state index in [0.717, 1.165) is 22.8 Å². The molecule has 0 bridgehead atoms. The van der Waals surface area contributed by atoms with Gasteiger partial charge in [0.25, 0.3) is 0 Å². The van der Waals surface area contributed by atoms with Crippen molar-refractivity contribution < 1.29 is 4.21 Å². The Balaban J connectivity index is 2.24. The molecule has 2 rings (SSSR count). The van der Waals surface area contributed by atoms with Crippen LogP contribution in [-0.4, -0.2) is 34.1 Å². The monoisotopic (exact) mass is 306 g/mol. The van der Waals surface area contributed by atoms with Gasteiger partial charge in [0.2, 0.25) is 0 Å². The van der Waals surface area contributed by atoms with Crippen molar-refractivity contribution in [3.05, 3.63) is 42.5 Å². The first-order valence-electron chi connectivity index (χ1n) is 6.88. The Morgan fingerprint density at radius 2 is 1.95 bits per heavy atom. The summed E-state index contributed by atoms with van der Waals surface area (Å²) in [7, 11) is 1.57. The third-order valence-corrected chi connectivity index (χ3v) is 5.17. The van der Waals surface area contributed by atoms with E-state index < -0.39 is 9.73 Å². The number of imidazole rings is 1. The average Bonchev–Trinajstić information content (AvgIpc) is 2.93. The molecule has 0 saturated heterocycles. The first-order valence-corrected chi connectivity index (χ1v) is 8.80. The van der Waals surface area contributed by atoms with E-state index in [0.29, 0.717) is 6.54 Å². The van der Waals surface area contributed by atoms with E-state index in [-0.39, 0.29) is 0 Å². The summed E-state index contributed by atoms with van der Waals surface area (Å²) in [6, 6.07) is 7.70. The molecule has 0 aliphatic heterocycles. The Bertz CT molecular complexity index is 710. The Morgan fingerprint density at radius 1 is 1.29 bits per heavy atom. The maximum atomic E-state index is 12.8. The van der Waals surface area contributed by atoms with Crippen molar-refractivity contribution in [2.75, 3.05) is 25.3 Å². The van der Waals surface area contributed by atoms with Gasteiger partial charge in [0.1, 0.15) is 0 Å². The second kappa shape index (κ2) is 6.30. The lowest BCUT2D eigenvalue weighted by Gasteiger charge is -2.13. The molecule has 0 spiro atoms. The van der Waals surface area contributed by atoms with Crippen LogP contribution in [0.2, 0.25) is 0 Å². The Morgan fingerprint density at radius 3 is 2.52 bits per heavy atom. The Hall–Kier alpha value is -1.82. The second-order valence-corrected chi connectivity index (χ2v) is 7.48. The summed E-state index contributed by atoms with van der Waals surface area (Å²) in [5.41, 5.74) is 2.06. The van der Waals surface area contributed by atoms with Crippen molar-refractivity contribution in [3.63, 3.8) is 0 Å². The molecule has 21 heavy (non-hydrogen) atoms. The quantitative estimate of drug-likeness (QED) is 0.853. The summed E-state index contributed by atoms with van der Waals surface area (Å²) in [4.78, 5) is 6.87. The summed E-state index contributed by atoms with van der Waals surface area (Å²) < 4.78 is 19.2. The summed E-state index contributed by atoms with van der Waals surface area (Å²) in [5, 5.41) is 0. The molecular weight excluding hydrogens is 284 g/mol. The molecule has 0 radical (unpaired) electrons. The van der Waals surface area contributed by atoms with Crippen LogP contribution < -0.4 is 4.90 Å². The smallest absolute Gasteiger partial charge is 0.0948 e. The van der Waals surface area contributed by atoms with Gasteiger partial charge < -0.3 is 9.47 Å². The maximum Gasteiger partial charge on any atom is 0.0948 e. The van der Waals surface area contributed by atoms with E-state index in [1.54, 1.807) is 18.8 Å². The number of nitrogens with zero attached hydrogens (tertiary/aromatic N) is 4. The van der Waals surface area contributed by atoms with Crippen LogP contribution in [0.25, 0.3) is 0 Å². The Labute approximate surface area is 126 Å². The molecule has 5 nitrogen and oxygen atoms in total. The molecule has 0 unspecified atom stereocenters. The van der Waals surface area contributed by atoms with E-state index in [2.05, 4.69) is 16.3 Å². The number of anilines is 1. The van der Waals surface area contributed by atoms with E-state index in [4.69, 9.17) is 0 Å². The molecule has 1 aromatic heterocycles. The predicted molar refractivity (Wildman–Crippen MR) is 87.1 cm³/mol. The molecule has 2 aromatic rings. The van der Waals surface area contributed by atoms with Crippen LogP contribution in [0.1, 0.15) is 12.6 Å². The van der Waals surface area contributed by atoms with E-state index >= 15 is 0 Å². The fourth-order valence-corrected chi connectivity index (χ4v) is 3.19. The highest BCUT2D eigenvalue weighted by molar-refractivity contribution is 7.93. The molecule has 0 saturated carbocycles. The van der Waals surface area contributed by atoms with Crippen molar-refractivity contribution in [2.24, 2.45) is 4.36 Å². The highest BCUT2D eigenvalue weighted by atomic mass is 32.2. The average molecular weight is 306 g/mol. The summed E-state index contributed by atoms with van der Waals surface area (Å²) in [6.45, 7) is 3.31. The molecule has 0 N–H and O–H groups in total. The SMILES string of the molecule is CCn1cncc1CN=[S@@](C)(=O)c1ccc(N(C)C)cc1. The van der Waals surface area contributed by atoms with Gasteiger partial charge >= 0.3 is 0 Å². The lowest BCUT2D eigenvalue weighted by Crippen LogP contribution is -2.08. The number of hydrogen-bond donors (Lipinski definition) is 0. The van der Waals surface area contributed by atoms with Gasteiger partial charge in [-0.3, -0.25) is 0 Å². The van der Waals surface area contributed by atoms with Crippen molar-refractivity contribution >= 4 is 15.4 Å². The van der Waals surface area contributed by atoms with Crippen molar-refractivity contribution in [1.82, 2.24) is 9.55 Å². The van der Waals surface area contributed by atoms with Gasteiger partial charge in [-0.2, -0.15) is 0 Å². The summed E-state index contributed by atoms with van der Waals surface area (Å²) in [5.74, 6) is 0. The highest BCUT2D eigenvalue weighted by Gasteiger charge is 2.07. The Kier molecular flexibility index (Phi) is 4.67. The number of aromatic nitrogens is 2. The zero-order chi connectivity index (χ0) is 15.5. The minimum atomic E-state index is -2.39. The molecular formula is C15H22N4OS. The van der Waals surface area contributed by atoms with Crippen molar-refractivity contribution in [2.45, 2.75) is 24.9 Å². The molecule has 0 amide bonds. The molecule has 114 valence electrons. The molecule has 0 aliphatic carbocycles. The zero-order valence-electron chi connectivity index (χ0n) is 13.0. The van der Waals surface area contributed by atoms with E-state index in [9.17, 15) is 4.21 Å². The molecule has 6 heteroatoms. The molecule has 0 fully saturated rings. The van der Waals surface area contributed by atoms with Gasteiger partial charge in [0, 0.05) is 37.5 Å². The van der Waals surface area contributed by atoms with Gasteiger partial charge in [-0.15, -0.1) is 0 Å². The van der Waals surface area contributed by atoms with Crippen LogP contribution in [0.5, 0.6) is 0 Å². The summed E-state index contributed by atoms with van der Waals surface area (Å²) >= 11 is 0. The van der Waals surface area contributed by atoms with Gasteiger partial charge in [-0.1, -0.05) is 0 Å². The molecule has 1 aromatic carbocycles. The summed E-state index contributed by atoms with van der Waals surface area (Å²) in [6.07, 6.45) is 5.23. The first-order chi connectivity index (χ1) is 9.94. The topological polar surface area (TPSA) is 50.5 Å². The molecule has 0 aliphatic rings. The van der Waals surface area contributed by atoms with E-state index in [1.165, 1.54) is 0 Å². The lowest BCUT2D eigenvalue weighted by atomic mass is 10.3. The minimum Gasteiger partial charge on any atom is -0.378 e. The molecule has 1 heterocycles. The van der Waals surface area contributed by atoms with Gasteiger partial charge in [0.05, 0.1) is 34.5 Å². The van der Waals surface area contributed by atoms with Crippen molar-refractivity contribution in [1.29, 1.82) is 0 Å². The van der Waals surface area contributed by atoms with Crippen LogP contribution in [0.4, 0.5) is 5.69 Å². The fourth-order valence-electron chi connectivity index (χ4n) is 2.03. The van der Waals surface area contributed by atoms with Gasteiger partial charge in [0.15, 0.2) is 0 Å². The number of benzene rings is 1.